The van der Waals surface area contributed by atoms with Gasteiger partial charge >= 0.3 is 5.97 Å². The van der Waals surface area contributed by atoms with Gasteiger partial charge in [0.25, 0.3) is 0 Å². The van der Waals surface area contributed by atoms with Gasteiger partial charge in [-0.3, -0.25) is 0 Å². The fourth-order valence-corrected chi connectivity index (χ4v) is 2.48. The SMILES string of the molecule is CCOC(=O)C(C#N)=Cc1cc(Cl)c(OCc2ccccc2)c(OC)c1. The van der Waals surface area contributed by atoms with Gasteiger partial charge in [-0.1, -0.05) is 41.9 Å². The number of benzene rings is 2. The molecule has 0 unspecified atom stereocenters. The molecule has 26 heavy (non-hydrogen) atoms. The van der Waals surface area contributed by atoms with Crippen molar-refractivity contribution in [3.63, 3.8) is 0 Å². The van der Waals surface area contributed by atoms with Crippen LogP contribution in [0.5, 0.6) is 11.5 Å². The van der Waals surface area contributed by atoms with Crippen molar-refractivity contribution in [1.82, 2.24) is 0 Å². The van der Waals surface area contributed by atoms with Crippen LogP contribution in [-0.4, -0.2) is 19.7 Å². The highest BCUT2D eigenvalue weighted by atomic mass is 35.5. The number of hydrogen-bond acceptors (Lipinski definition) is 5. The lowest BCUT2D eigenvalue weighted by Gasteiger charge is -2.13. The summed E-state index contributed by atoms with van der Waals surface area (Å²) in [6, 6.07) is 14.7. The molecule has 0 radical (unpaired) electrons. The van der Waals surface area contributed by atoms with Crippen molar-refractivity contribution >= 4 is 23.6 Å². The van der Waals surface area contributed by atoms with E-state index < -0.39 is 5.97 Å². The first kappa shape index (κ1) is 19.4. The summed E-state index contributed by atoms with van der Waals surface area (Å²) in [5.74, 6) is 0.111. The van der Waals surface area contributed by atoms with Crippen LogP contribution in [0.3, 0.4) is 0 Å². The van der Waals surface area contributed by atoms with E-state index in [0.29, 0.717) is 28.7 Å². The quantitative estimate of drug-likeness (QED) is 0.410. The van der Waals surface area contributed by atoms with Crippen molar-refractivity contribution < 1.29 is 19.0 Å². The fraction of sp³-hybridized carbons (Fsp3) is 0.200. The number of ether oxygens (including phenoxy) is 3. The van der Waals surface area contributed by atoms with Crippen LogP contribution in [0.25, 0.3) is 6.08 Å². The van der Waals surface area contributed by atoms with Crippen molar-refractivity contribution in [2.24, 2.45) is 0 Å². The third-order valence-electron chi connectivity index (χ3n) is 3.40. The standard InChI is InChI=1S/C20H18ClNO4/c1-3-25-20(23)16(12-22)9-15-10-17(21)19(18(11-15)24-2)26-13-14-7-5-4-6-8-14/h4-11H,3,13H2,1-2H3. The summed E-state index contributed by atoms with van der Waals surface area (Å²) in [5.41, 5.74) is 1.40. The lowest BCUT2D eigenvalue weighted by atomic mass is 10.1. The molecule has 0 spiro atoms. The van der Waals surface area contributed by atoms with E-state index in [2.05, 4.69) is 0 Å². The molecule has 5 nitrogen and oxygen atoms in total. The second kappa shape index (κ2) is 9.50. The van der Waals surface area contributed by atoms with Crippen molar-refractivity contribution in [3.8, 4) is 17.6 Å². The van der Waals surface area contributed by atoms with Crippen LogP contribution >= 0.6 is 11.6 Å². The Morgan fingerprint density at radius 2 is 2.00 bits per heavy atom. The summed E-state index contributed by atoms with van der Waals surface area (Å²) in [6.45, 7) is 2.19. The van der Waals surface area contributed by atoms with Crippen LogP contribution in [-0.2, 0) is 16.1 Å². The average molecular weight is 372 g/mol. The number of esters is 1. The maximum Gasteiger partial charge on any atom is 0.348 e. The number of carbonyl (C=O) groups is 1. The van der Waals surface area contributed by atoms with Crippen LogP contribution in [0.4, 0.5) is 0 Å². The minimum Gasteiger partial charge on any atom is -0.493 e. The van der Waals surface area contributed by atoms with Crippen LogP contribution in [0.2, 0.25) is 5.02 Å². The highest BCUT2D eigenvalue weighted by Crippen LogP contribution is 2.37. The Kier molecular flexibility index (Phi) is 7.07. The van der Waals surface area contributed by atoms with E-state index in [1.807, 2.05) is 36.4 Å². The molecule has 0 heterocycles. The molecule has 2 aromatic carbocycles. The zero-order valence-electron chi connectivity index (χ0n) is 14.5. The number of methoxy groups -OCH3 is 1. The van der Waals surface area contributed by atoms with E-state index in [1.54, 1.807) is 19.1 Å². The number of rotatable bonds is 7. The topological polar surface area (TPSA) is 68.6 Å². The molecule has 0 aliphatic rings. The van der Waals surface area contributed by atoms with E-state index in [1.165, 1.54) is 13.2 Å². The molecule has 134 valence electrons. The van der Waals surface area contributed by atoms with Crippen LogP contribution < -0.4 is 9.47 Å². The molecule has 0 saturated carbocycles. The van der Waals surface area contributed by atoms with Gasteiger partial charge in [0.2, 0.25) is 0 Å². The summed E-state index contributed by atoms with van der Waals surface area (Å²) >= 11 is 6.31. The Balaban J connectivity index is 2.28. The van der Waals surface area contributed by atoms with Gasteiger partial charge in [0.1, 0.15) is 18.2 Å². The second-order valence-electron chi connectivity index (χ2n) is 5.20. The van der Waals surface area contributed by atoms with Gasteiger partial charge in [-0.15, -0.1) is 0 Å². The Hall–Kier alpha value is -2.97. The first-order chi connectivity index (χ1) is 12.6. The molecule has 0 fully saturated rings. The summed E-state index contributed by atoms with van der Waals surface area (Å²) in [6.07, 6.45) is 1.40. The summed E-state index contributed by atoms with van der Waals surface area (Å²) in [5, 5.41) is 9.45. The van der Waals surface area contributed by atoms with Crippen molar-refractivity contribution in [2.45, 2.75) is 13.5 Å². The molecule has 2 rings (SSSR count). The normalized spacial score (nSPS) is 10.8. The van der Waals surface area contributed by atoms with Gasteiger partial charge in [-0.2, -0.15) is 5.26 Å². The van der Waals surface area contributed by atoms with Crippen molar-refractivity contribution in [2.75, 3.05) is 13.7 Å². The van der Waals surface area contributed by atoms with Crippen molar-refractivity contribution in [3.05, 3.63) is 64.2 Å². The minimum absolute atomic E-state index is 0.122. The lowest BCUT2D eigenvalue weighted by molar-refractivity contribution is -0.137. The molecule has 2 aromatic rings. The van der Waals surface area contributed by atoms with Crippen LogP contribution in [0.1, 0.15) is 18.1 Å². The van der Waals surface area contributed by atoms with E-state index in [-0.39, 0.29) is 12.2 Å². The van der Waals surface area contributed by atoms with Gasteiger partial charge in [0.15, 0.2) is 11.5 Å². The van der Waals surface area contributed by atoms with Gasteiger partial charge in [0.05, 0.1) is 18.7 Å². The van der Waals surface area contributed by atoms with E-state index in [0.717, 1.165) is 5.56 Å². The predicted molar refractivity (Wildman–Crippen MR) is 99.0 cm³/mol. The molecule has 0 amide bonds. The zero-order valence-corrected chi connectivity index (χ0v) is 15.2. The Morgan fingerprint density at radius 1 is 1.27 bits per heavy atom. The Bertz CT molecular complexity index is 841. The molecule has 0 bridgehead atoms. The molecule has 0 atom stereocenters. The highest BCUT2D eigenvalue weighted by molar-refractivity contribution is 6.32. The number of halogens is 1. The largest absolute Gasteiger partial charge is 0.493 e. The molecular weight excluding hydrogens is 354 g/mol. The van der Waals surface area contributed by atoms with Gasteiger partial charge in [-0.05, 0) is 36.3 Å². The molecule has 0 aromatic heterocycles. The van der Waals surface area contributed by atoms with E-state index in [9.17, 15) is 4.79 Å². The summed E-state index contributed by atoms with van der Waals surface area (Å²) in [7, 11) is 1.49. The average Bonchev–Trinajstić information content (AvgIpc) is 2.65. The number of nitriles is 1. The zero-order chi connectivity index (χ0) is 18.9. The predicted octanol–water partition coefficient (Wildman–Crippen LogP) is 4.40. The first-order valence-corrected chi connectivity index (χ1v) is 8.30. The Labute approximate surface area is 157 Å². The molecule has 0 aliphatic heterocycles. The molecule has 0 aliphatic carbocycles. The van der Waals surface area contributed by atoms with E-state index in [4.69, 9.17) is 31.1 Å². The van der Waals surface area contributed by atoms with Gasteiger partial charge in [0, 0.05) is 0 Å². The van der Waals surface area contributed by atoms with E-state index >= 15 is 0 Å². The maximum absolute atomic E-state index is 11.7. The number of nitrogens with zero attached hydrogens (tertiary/aromatic N) is 1. The Morgan fingerprint density at radius 3 is 2.62 bits per heavy atom. The lowest BCUT2D eigenvalue weighted by Crippen LogP contribution is -2.06. The van der Waals surface area contributed by atoms with Crippen molar-refractivity contribution in [1.29, 1.82) is 5.26 Å². The summed E-state index contributed by atoms with van der Waals surface area (Å²) < 4.78 is 16.0. The maximum atomic E-state index is 11.7. The van der Waals surface area contributed by atoms with Crippen LogP contribution in [0, 0.1) is 11.3 Å². The second-order valence-corrected chi connectivity index (χ2v) is 5.61. The van der Waals surface area contributed by atoms with Crippen LogP contribution in [0.15, 0.2) is 48.0 Å². The number of hydrogen-bond donors (Lipinski definition) is 0. The third-order valence-corrected chi connectivity index (χ3v) is 3.69. The number of carbonyl (C=O) groups excluding carboxylic acids is 1. The summed E-state index contributed by atoms with van der Waals surface area (Å²) in [4.78, 5) is 11.7. The molecule has 6 heteroatoms. The fourth-order valence-electron chi connectivity index (χ4n) is 2.21. The first-order valence-electron chi connectivity index (χ1n) is 7.92. The highest BCUT2D eigenvalue weighted by Gasteiger charge is 2.14. The monoisotopic (exact) mass is 371 g/mol. The third kappa shape index (κ3) is 5.01. The molecule has 0 N–H and O–H groups in total. The van der Waals surface area contributed by atoms with Gasteiger partial charge in [-0.25, -0.2) is 4.79 Å². The molecule has 0 saturated heterocycles. The smallest absolute Gasteiger partial charge is 0.348 e. The van der Waals surface area contributed by atoms with Gasteiger partial charge < -0.3 is 14.2 Å². The molecular formula is C20H18ClNO4. The minimum atomic E-state index is -0.686.